The van der Waals surface area contributed by atoms with Crippen molar-refractivity contribution < 1.29 is 4.42 Å². The topological polar surface area (TPSA) is 74.0 Å². The number of rotatable bonds is 4. The molecule has 0 aromatic carbocycles. The van der Waals surface area contributed by atoms with Gasteiger partial charge in [0.15, 0.2) is 15.4 Å². The number of halogens is 1. The summed E-state index contributed by atoms with van der Waals surface area (Å²) >= 11 is 4.75. The molecule has 0 fully saturated rings. The van der Waals surface area contributed by atoms with Gasteiger partial charge in [0.1, 0.15) is 5.69 Å². The number of hydrogen-bond donors (Lipinski definition) is 0. The van der Waals surface area contributed by atoms with Crippen molar-refractivity contribution in [2.24, 2.45) is 13.0 Å². The lowest BCUT2D eigenvalue weighted by atomic mass is 10.1. The number of nitrogens with zero attached hydrogens (tertiary/aromatic N) is 6. The molecule has 0 aliphatic carbocycles. The molecule has 0 aliphatic rings. The van der Waals surface area contributed by atoms with Crippen LogP contribution in [-0.4, -0.2) is 29.6 Å². The van der Waals surface area contributed by atoms with Crippen molar-refractivity contribution in [2.45, 2.75) is 20.3 Å². The summed E-state index contributed by atoms with van der Waals surface area (Å²) in [5, 5.41) is 18.4. The van der Waals surface area contributed by atoms with E-state index in [1.807, 2.05) is 23.9 Å². The second-order valence-corrected chi connectivity index (χ2v) is 7.71. The van der Waals surface area contributed by atoms with Crippen LogP contribution in [0.25, 0.3) is 27.2 Å². The van der Waals surface area contributed by atoms with Crippen LogP contribution in [0.2, 0.25) is 0 Å². The maximum atomic E-state index is 5.57. The first-order valence-electron chi connectivity index (χ1n) is 7.52. The lowest BCUT2D eigenvalue weighted by molar-refractivity contribution is 0.554. The summed E-state index contributed by atoms with van der Waals surface area (Å²) in [6.45, 7) is 4.36. The van der Waals surface area contributed by atoms with E-state index in [1.165, 1.54) is 11.3 Å². The molecule has 24 heavy (non-hydrogen) atoms. The molecule has 124 valence electrons. The van der Waals surface area contributed by atoms with Gasteiger partial charge in [-0.25, -0.2) is 0 Å². The highest BCUT2D eigenvalue weighted by Gasteiger charge is 2.19. The first-order valence-corrected chi connectivity index (χ1v) is 9.13. The van der Waals surface area contributed by atoms with Crippen molar-refractivity contribution in [3.8, 4) is 22.3 Å². The van der Waals surface area contributed by atoms with E-state index in [-0.39, 0.29) is 0 Å². The average molecular weight is 407 g/mol. The van der Waals surface area contributed by atoms with Gasteiger partial charge in [0.05, 0.1) is 5.69 Å². The maximum Gasteiger partial charge on any atom is 0.235 e. The van der Waals surface area contributed by atoms with E-state index in [4.69, 9.17) is 4.42 Å². The number of aromatic nitrogens is 6. The summed E-state index contributed by atoms with van der Waals surface area (Å²) in [6, 6.07) is 5.77. The van der Waals surface area contributed by atoms with Gasteiger partial charge in [-0.1, -0.05) is 25.2 Å². The fourth-order valence-electron chi connectivity index (χ4n) is 2.56. The summed E-state index contributed by atoms with van der Waals surface area (Å²) in [5.41, 5.74) is 1.94. The van der Waals surface area contributed by atoms with Crippen LogP contribution < -0.4 is 0 Å². The summed E-state index contributed by atoms with van der Waals surface area (Å²) in [4.78, 5) is 0.721. The smallest absolute Gasteiger partial charge is 0.235 e. The number of hydrogen-bond acceptors (Lipinski definition) is 6. The van der Waals surface area contributed by atoms with E-state index in [0.29, 0.717) is 22.2 Å². The third kappa shape index (κ3) is 2.67. The van der Waals surface area contributed by atoms with Crippen molar-refractivity contribution in [2.75, 3.05) is 0 Å². The maximum absolute atomic E-state index is 5.57. The highest BCUT2D eigenvalue weighted by molar-refractivity contribution is 9.10. The SMILES string of the molecule is CC(C)Cc1cc(-c2nnc3sc(-c4ccc(Br)o4)nn23)n(C)n1. The molecule has 0 radical (unpaired) electrons. The van der Waals surface area contributed by atoms with Crippen molar-refractivity contribution in [1.29, 1.82) is 0 Å². The first-order chi connectivity index (χ1) is 11.5. The lowest BCUT2D eigenvalue weighted by Crippen LogP contribution is -1.99. The van der Waals surface area contributed by atoms with Gasteiger partial charge < -0.3 is 4.42 Å². The van der Waals surface area contributed by atoms with Gasteiger partial charge in [-0.15, -0.1) is 15.3 Å². The van der Waals surface area contributed by atoms with Crippen molar-refractivity contribution >= 4 is 32.2 Å². The highest BCUT2D eigenvalue weighted by Crippen LogP contribution is 2.30. The minimum absolute atomic E-state index is 0.550. The molecule has 7 nitrogen and oxygen atoms in total. The van der Waals surface area contributed by atoms with Gasteiger partial charge in [0.25, 0.3) is 0 Å². The van der Waals surface area contributed by atoms with Gasteiger partial charge in [-0.2, -0.15) is 9.61 Å². The number of fused-ring (bicyclic) bond motifs is 1. The molecule has 0 atom stereocenters. The van der Waals surface area contributed by atoms with E-state index >= 15 is 0 Å². The van der Waals surface area contributed by atoms with Crippen LogP contribution in [0.15, 0.2) is 27.3 Å². The minimum atomic E-state index is 0.550. The van der Waals surface area contributed by atoms with E-state index in [0.717, 1.165) is 27.8 Å². The molecular formula is C15H15BrN6OS. The fraction of sp³-hybridized carbons (Fsp3) is 0.333. The van der Waals surface area contributed by atoms with Crippen LogP contribution in [0, 0.1) is 5.92 Å². The molecule has 9 heteroatoms. The Bertz CT molecular complexity index is 1010. The van der Waals surface area contributed by atoms with E-state index < -0.39 is 0 Å². The van der Waals surface area contributed by atoms with E-state index in [1.54, 1.807) is 4.52 Å². The Morgan fingerprint density at radius 3 is 2.79 bits per heavy atom. The molecule has 0 amide bonds. The zero-order chi connectivity index (χ0) is 16.8. The van der Waals surface area contributed by atoms with Gasteiger partial charge in [-0.3, -0.25) is 4.68 Å². The average Bonchev–Trinajstić information content (AvgIpc) is 3.22. The summed E-state index contributed by atoms with van der Waals surface area (Å²) < 4.78 is 9.82. The zero-order valence-electron chi connectivity index (χ0n) is 13.4. The predicted molar refractivity (Wildman–Crippen MR) is 94.8 cm³/mol. The van der Waals surface area contributed by atoms with Crippen LogP contribution in [0.4, 0.5) is 0 Å². The normalized spacial score (nSPS) is 11.9. The van der Waals surface area contributed by atoms with Gasteiger partial charge in [0.2, 0.25) is 10.8 Å². The molecule has 4 rings (SSSR count). The Balaban J connectivity index is 1.77. The number of furan rings is 1. The van der Waals surface area contributed by atoms with Crippen LogP contribution in [-0.2, 0) is 13.5 Å². The second-order valence-electron chi connectivity index (χ2n) is 5.97. The molecule has 4 aromatic rings. The molecule has 0 N–H and O–H groups in total. The monoisotopic (exact) mass is 406 g/mol. The Labute approximate surface area is 150 Å². The molecule has 4 heterocycles. The Morgan fingerprint density at radius 1 is 1.25 bits per heavy atom. The quantitative estimate of drug-likeness (QED) is 0.515. The summed E-state index contributed by atoms with van der Waals surface area (Å²) in [5.74, 6) is 1.94. The van der Waals surface area contributed by atoms with E-state index in [9.17, 15) is 0 Å². The number of aryl methyl sites for hydroxylation is 1. The van der Waals surface area contributed by atoms with Crippen molar-refractivity contribution in [3.63, 3.8) is 0 Å². The molecule has 4 aromatic heterocycles. The third-order valence-corrected chi connectivity index (χ3v) is 4.89. The van der Waals surface area contributed by atoms with Gasteiger partial charge >= 0.3 is 0 Å². The predicted octanol–water partition coefficient (Wildman–Crippen LogP) is 3.81. The third-order valence-electron chi connectivity index (χ3n) is 3.55. The van der Waals surface area contributed by atoms with E-state index in [2.05, 4.69) is 56.2 Å². The molecule has 0 bridgehead atoms. The van der Waals surface area contributed by atoms with Crippen molar-refractivity contribution in [3.05, 3.63) is 28.6 Å². The van der Waals surface area contributed by atoms with Crippen LogP contribution >= 0.6 is 27.3 Å². The minimum Gasteiger partial charge on any atom is -0.447 e. The fourth-order valence-corrected chi connectivity index (χ4v) is 3.67. The Morgan fingerprint density at radius 2 is 2.08 bits per heavy atom. The summed E-state index contributed by atoms with van der Waals surface area (Å²) in [7, 11) is 1.91. The lowest BCUT2D eigenvalue weighted by Gasteiger charge is -1.98. The largest absolute Gasteiger partial charge is 0.447 e. The summed E-state index contributed by atoms with van der Waals surface area (Å²) in [6.07, 6.45) is 0.929. The van der Waals surface area contributed by atoms with Gasteiger partial charge in [-0.05, 0) is 46.5 Å². The second kappa shape index (κ2) is 5.82. The van der Waals surface area contributed by atoms with Crippen molar-refractivity contribution in [1.82, 2.24) is 29.6 Å². The standard InChI is InChI=1S/C15H15BrN6OS/c1-8(2)6-9-7-10(21(3)19-9)13-17-18-15-22(13)20-14(24-15)11-4-5-12(16)23-11/h4-5,7-8H,6H2,1-3H3. The Kier molecular flexibility index (Phi) is 3.76. The van der Waals surface area contributed by atoms with Crippen LogP contribution in [0.5, 0.6) is 0 Å². The van der Waals surface area contributed by atoms with Gasteiger partial charge in [0, 0.05) is 7.05 Å². The molecule has 0 spiro atoms. The molecular weight excluding hydrogens is 392 g/mol. The molecule has 0 saturated carbocycles. The Hall–Kier alpha value is -2.00. The van der Waals surface area contributed by atoms with Crippen LogP contribution in [0.1, 0.15) is 19.5 Å². The molecule has 0 saturated heterocycles. The highest BCUT2D eigenvalue weighted by atomic mass is 79.9. The van der Waals surface area contributed by atoms with Crippen LogP contribution in [0.3, 0.4) is 0 Å². The first kappa shape index (κ1) is 15.5. The molecule has 0 aliphatic heterocycles. The molecule has 0 unspecified atom stereocenters. The zero-order valence-corrected chi connectivity index (χ0v) is 15.8.